The Labute approximate surface area is 202 Å². The van der Waals surface area contributed by atoms with Gasteiger partial charge in [0.2, 0.25) is 5.91 Å². The summed E-state index contributed by atoms with van der Waals surface area (Å²) >= 11 is 0. The topological polar surface area (TPSA) is 106 Å². The minimum absolute atomic E-state index is 0.0188. The highest BCUT2D eigenvalue weighted by Crippen LogP contribution is 2.42. The summed E-state index contributed by atoms with van der Waals surface area (Å²) in [5.41, 5.74) is 4.98. The van der Waals surface area contributed by atoms with E-state index in [1.165, 1.54) is 22.1 Å². The van der Waals surface area contributed by atoms with Crippen LogP contribution in [-0.4, -0.2) is 68.1 Å². The van der Waals surface area contributed by atoms with Crippen molar-refractivity contribution >= 4 is 17.7 Å². The number of amides is 1. The fourth-order valence-electron chi connectivity index (χ4n) is 5.59. The molecule has 0 bridgehead atoms. The van der Waals surface area contributed by atoms with E-state index in [1.807, 2.05) is 23.1 Å². The molecule has 2 aromatic heterocycles. The number of rotatable bonds is 5. The number of anilines is 1. The van der Waals surface area contributed by atoms with Gasteiger partial charge in [0.15, 0.2) is 0 Å². The van der Waals surface area contributed by atoms with Crippen LogP contribution in [0.3, 0.4) is 0 Å². The van der Waals surface area contributed by atoms with Gasteiger partial charge in [-0.15, -0.1) is 5.10 Å². The predicted molar refractivity (Wildman–Crippen MR) is 126 cm³/mol. The Morgan fingerprint density at radius 1 is 1.11 bits per heavy atom. The molecule has 1 spiro atoms. The van der Waals surface area contributed by atoms with Crippen LogP contribution in [0.15, 0.2) is 36.8 Å². The third kappa shape index (κ3) is 3.97. The zero-order valence-corrected chi connectivity index (χ0v) is 19.7. The van der Waals surface area contributed by atoms with Crippen molar-refractivity contribution in [2.24, 2.45) is 5.41 Å². The molecule has 0 aliphatic carbocycles. The predicted octanol–water partition coefficient (Wildman–Crippen LogP) is 2.10. The van der Waals surface area contributed by atoms with Gasteiger partial charge in [0.1, 0.15) is 18.8 Å². The molecule has 2 fully saturated rings. The summed E-state index contributed by atoms with van der Waals surface area (Å²) in [7, 11) is 0. The van der Waals surface area contributed by atoms with Crippen molar-refractivity contribution in [1.82, 2.24) is 30.1 Å². The fourth-order valence-corrected chi connectivity index (χ4v) is 5.59. The van der Waals surface area contributed by atoms with Crippen LogP contribution in [0.25, 0.3) is 5.69 Å². The lowest BCUT2D eigenvalue weighted by atomic mass is 9.77. The van der Waals surface area contributed by atoms with Gasteiger partial charge in [-0.1, -0.05) is 6.07 Å². The number of tetrazole rings is 1. The zero-order valence-electron chi connectivity index (χ0n) is 19.7. The molecule has 35 heavy (non-hydrogen) atoms. The summed E-state index contributed by atoms with van der Waals surface area (Å²) in [5, 5.41) is 11.2. The van der Waals surface area contributed by atoms with Crippen molar-refractivity contribution in [3.05, 3.63) is 59.0 Å². The molecule has 10 nitrogen and oxygen atoms in total. The lowest BCUT2D eigenvalue weighted by Gasteiger charge is -2.38. The molecule has 2 saturated heterocycles. The van der Waals surface area contributed by atoms with Gasteiger partial charge in [-0.05, 0) is 84.4 Å². The van der Waals surface area contributed by atoms with E-state index in [-0.39, 0.29) is 17.3 Å². The molecule has 3 aromatic rings. The van der Waals surface area contributed by atoms with Gasteiger partial charge in [-0.2, -0.15) is 4.68 Å². The largest absolute Gasteiger partial charge is 0.457 e. The second kappa shape index (κ2) is 8.53. The lowest BCUT2D eigenvalue weighted by molar-refractivity contribution is -0.118. The first-order valence-electron chi connectivity index (χ1n) is 12.0. The molecule has 0 radical (unpaired) electrons. The van der Waals surface area contributed by atoms with Gasteiger partial charge in [0.25, 0.3) is 0 Å². The maximum atomic E-state index is 12.9. The molecule has 10 heteroatoms. The summed E-state index contributed by atoms with van der Waals surface area (Å²) in [4.78, 5) is 33.5. The minimum atomic E-state index is -0.213. The van der Waals surface area contributed by atoms with Crippen LogP contribution in [0, 0.1) is 12.3 Å². The normalized spacial score (nSPS) is 19.4. The average molecular weight is 474 g/mol. The Kier molecular flexibility index (Phi) is 5.32. The van der Waals surface area contributed by atoms with Crippen molar-refractivity contribution in [2.75, 3.05) is 31.1 Å². The van der Waals surface area contributed by atoms with Gasteiger partial charge in [-0.3, -0.25) is 9.69 Å². The molecular formula is C25H27N7O3. The van der Waals surface area contributed by atoms with E-state index >= 15 is 0 Å². The number of hydrogen-bond donors (Lipinski definition) is 0. The first kappa shape index (κ1) is 21.8. The number of carbonyl (C=O) groups excluding carboxylic acids is 2. The summed E-state index contributed by atoms with van der Waals surface area (Å²) in [6, 6.07) is 7.71. The number of fused-ring (bicyclic) bond motifs is 1. The van der Waals surface area contributed by atoms with Gasteiger partial charge >= 0.3 is 5.97 Å². The van der Waals surface area contributed by atoms with E-state index < -0.39 is 0 Å². The number of likely N-dealkylation sites (tertiary alicyclic amines) is 1. The van der Waals surface area contributed by atoms with E-state index in [1.54, 1.807) is 6.20 Å². The lowest BCUT2D eigenvalue weighted by Crippen LogP contribution is -2.42. The van der Waals surface area contributed by atoms with E-state index in [2.05, 4.69) is 38.4 Å². The zero-order chi connectivity index (χ0) is 24.0. The van der Waals surface area contributed by atoms with Crippen LogP contribution < -0.4 is 4.90 Å². The number of benzene rings is 1. The number of nitrogens with zero attached hydrogens (tertiary/aromatic N) is 7. The van der Waals surface area contributed by atoms with Crippen LogP contribution in [-0.2, 0) is 22.6 Å². The summed E-state index contributed by atoms with van der Waals surface area (Å²) in [5.74, 6) is 0.613. The van der Waals surface area contributed by atoms with Crippen molar-refractivity contribution in [3.8, 4) is 5.69 Å². The summed E-state index contributed by atoms with van der Waals surface area (Å²) in [6.07, 6.45) is 6.74. The molecule has 0 saturated carbocycles. The Morgan fingerprint density at radius 2 is 1.97 bits per heavy atom. The second-order valence-corrected chi connectivity index (χ2v) is 9.83. The van der Waals surface area contributed by atoms with Crippen LogP contribution in [0.4, 0.5) is 5.82 Å². The molecule has 180 valence electrons. The van der Waals surface area contributed by atoms with E-state index in [0.717, 1.165) is 56.7 Å². The third-order valence-electron chi connectivity index (χ3n) is 7.84. The van der Waals surface area contributed by atoms with E-state index in [4.69, 9.17) is 4.74 Å². The number of pyridine rings is 1. The van der Waals surface area contributed by atoms with E-state index in [9.17, 15) is 9.59 Å². The van der Waals surface area contributed by atoms with Crippen molar-refractivity contribution in [1.29, 1.82) is 0 Å². The highest BCUT2D eigenvalue weighted by Gasteiger charge is 2.45. The Balaban J connectivity index is 1.06. The van der Waals surface area contributed by atoms with Gasteiger partial charge < -0.3 is 9.64 Å². The molecule has 0 unspecified atom stereocenters. The van der Waals surface area contributed by atoms with Gasteiger partial charge in [-0.25, -0.2) is 9.78 Å². The number of piperidine rings is 1. The number of carbonyl (C=O) groups is 2. The standard InChI is InChI=1S/C25H27N7O3/c1-17-18(2-4-20-21(17)14-35-24(20)34)6-9-30-10-7-25(8-11-30)12-23(33)31(15-25)22-5-3-19(13-26-22)32-16-27-28-29-32/h2-5,13,16H,6-12,14-15H2,1H3. The molecule has 0 atom stereocenters. The molecule has 1 aromatic carbocycles. The van der Waals surface area contributed by atoms with Crippen LogP contribution in [0.2, 0.25) is 0 Å². The van der Waals surface area contributed by atoms with E-state index in [0.29, 0.717) is 24.4 Å². The highest BCUT2D eigenvalue weighted by atomic mass is 16.5. The van der Waals surface area contributed by atoms with Crippen LogP contribution in [0.5, 0.6) is 0 Å². The van der Waals surface area contributed by atoms with Crippen LogP contribution in [0.1, 0.15) is 46.3 Å². The SMILES string of the molecule is Cc1c(CCN2CCC3(CC2)CC(=O)N(c2ccc(-n4cnnn4)cn2)C3)ccc2c1COC2=O. The maximum Gasteiger partial charge on any atom is 0.338 e. The molecule has 3 aliphatic rings. The summed E-state index contributed by atoms with van der Waals surface area (Å²) < 4.78 is 6.72. The van der Waals surface area contributed by atoms with Crippen molar-refractivity contribution < 1.29 is 14.3 Å². The second-order valence-electron chi connectivity index (χ2n) is 9.83. The Morgan fingerprint density at radius 3 is 2.71 bits per heavy atom. The number of hydrogen-bond acceptors (Lipinski definition) is 8. The number of cyclic esters (lactones) is 1. The molecule has 0 N–H and O–H groups in total. The third-order valence-corrected chi connectivity index (χ3v) is 7.84. The number of ether oxygens (including phenoxy) is 1. The molecular weight excluding hydrogens is 446 g/mol. The van der Waals surface area contributed by atoms with Crippen molar-refractivity contribution in [2.45, 2.75) is 39.2 Å². The van der Waals surface area contributed by atoms with Crippen LogP contribution >= 0.6 is 0 Å². The average Bonchev–Trinajstić information content (AvgIpc) is 3.61. The Bertz CT molecular complexity index is 1260. The smallest absolute Gasteiger partial charge is 0.338 e. The summed E-state index contributed by atoms with van der Waals surface area (Å²) in [6.45, 7) is 6.14. The quantitative estimate of drug-likeness (QED) is 0.519. The number of aromatic nitrogens is 5. The first-order chi connectivity index (χ1) is 17.0. The van der Waals surface area contributed by atoms with Gasteiger partial charge in [0.05, 0.1) is 17.4 Å². The molecule has 1 amide bonds. The number of esters is 1. The first-order valence-corrected chi connectivity index (χ1v) is 12.0. The monoisotopic (exact) mass is 473 g/mol. The molecule has 5 heterocycles. The van der Waals surface area contributed by atoms with Gasteiger partial charge in [0, 0.05) is 25.1 Å². The van der Waals surface area contributed by atoms with Crippen molar-refractivity contribution in [3.63, 3.8) is 0 Å². The minimum Gasteiger partial charge on any atom is -0.457 e. The Hall–Kier alpha value is -3.66. The maximum absolute atomic E-state index is 12.9. The highest BCUT2D eigenvalue weighted by molar-refractivity contribution is 5.95. The molecule has 6 rings (SSSR count). The fraction of sp³-hybridized carbons (Fsp3) is 0.440. The molecule has 3 aliphatic heterocycles.